The molecule has 2 aromatic rings. The number of nitrogens with two attached hydrogens (primary N) is 1. The number of hydrogen-bond donors (Lipinski definition) is 1. The molecule has 2 rings (SSSR count). The summed E-state index contributed by atoms with van der Waals surface area (Å²) in [6.45, 7) is 1.89. The molecule has 0 aliphatic heterocycles. The van der Waals surface area contributed by atoms with Crippen molar-refractivity contribution in [3.8, 4) is 16.9 Å². The molecule has 0 fully saturated rings. The van der Waals surface area contributed by atoms with E-state index in [0.717, 1.165) is 22.6 Å². The van der Waals surface area contributed by atoms with Gasteiger partial charge in [0.05, 0.1) is 18.5 Å². The summed E-state index contributed by atoms with van der Waals surface area (Å²) in [5.74, 6) is 0.830. The first kappa shape index (κ1) is 10.5. The van der Waals surface area contributed by atoms with E-state index in [4.69, 9.17) is 10.5 Å². The molecule has 0 aliphatic carbocycles. The quantitative estimate of drug-likeness (QED) is 0.836. The van der Waals surface area contributed by atoms with Crippen molar-refractivity contribution in [3.05, 3.63) is 42.2 Å². The minimum Gasteiger partial charge on any atom is -0.497 e. The summed E-state index contributed by atoms with van der Waals surface area (Å²) in [4.78, 5) is 4.24. The summed E-state index contributed by atoms with van der Waals surface area (Å²) in [6, 6.07) is 9.76. The van der Waals surface area contributed by atoms with Gasteiger partial charge in [0.15, 0.2) is 0 Å². The highest BCUT2D eigenvalue weighted by Crippen LogP contribution is 2.25. The van der Waals surface area contributed by atoms with Crippen molar-refractivity contribution in [2.45, 2.75) is 6.92 Å². The summed E-state index contributed by atoms with van der Waals surface area (Å²) in [7, 11) is 1.65. The zero-order valence-corrected chi connectivity index (χ0v) is 9.40. The minimum absolute atomic E-state index is 0.709. The largest absolute Gasteiger partial charge is 0.497 e. The second-order valence-corrected chi connectivity index (χ2v) is 3.63. The molecule has 82 valence electrons. The highest BCUT2D eigenvalue weighted by atomic mass is 16.5. The number of hydrogen-bond acceptors (Lipinski definition) is 3. The second kappa shape index (κ2) is 4.23. The Morgan fingerprint density at radius 1 is 1.19 bits per heavy atom. The molecular weight excluding hydrogens is 200 g/mol. The topological polar surface area (TPSA) is 48.1 Å². The Labute approximate surface area is 94.9 Å². The molecule has 0 bridgehead atoms. The maximum Gasteiger partial charge on any atom is 0.119 e. The van der Waals surface area contributed by atoms with Crippen molar-refractivity contribution in [2.75, 3.05) is 12.8 Å². The summed E-state index contributed by atoms with van der Waals surface area (Å²) in [5.41, 5.74) is 9.45. The number of nitrogen functional groups attached to an aromatic ring is 1. The fourth-order valence-corrected chi connectivity index (χ4v) is 1.51. The summed E-state index contributed by atoms with van der Waals surface area (Å²) < 4.78 is 5.18. The molecule has 1 aromatic heterocycles. The SMILES string of the molecule is COc1cccc(-c2cnc(C)c(N)c2)c1. The van der Waals surface area contributed by atoms with Crippen LogP contribution in [0, 0.1) is 6.92 Å². The van der Waals surface area contributed by atoms with E-state index in [1.165, 1.54) is 0 Å². The third-order valence-corrected chi connectivity index (χ3v) is 2.53. The van der Waals surface area contributed by atoms with E-state index in [9.17, 15) is 0 Å². The first-order valence-electron chi connectivity index (χ1n) is 5.07. The Balaban J connectivity index is 2.46. The molecule has 0 atom stereocenters. The Morgan fingerprint density at radius 2 is 2.00 bits per heavy atom. The molecule has 2 N–H and O–H groups in total. The summed E-state index contributed by atoms with van der Waals surface area (Å²) >= 11 is 0. The molecule has 0 unspecified atom stereocenters. The van der Waals surface area contributed by atoms with Gasteiger partial charge in [-0.25, -0.2) is 0 Å². The average Bonchev–Trinajstić information content (AvgIpc) is 2.33. The molecule has 1 heterocycles. The van der Waals surface area contributed by atoms with Crippen LogP contribution in [0.3, 0.4) is 0 Å². The molecule has 3 heteroatoms. The van der Waals surface area contributed by atoms with E-state index in [1.807, 2.05) is 43.5 Å². The van der Waals surface area contributed by atoms with Crippen LogP contribution < -0.4 is 10.5 Å². The number of methoxy groups -OCH3 is 1. The molecule has 16 heavy (non-hydrogen) atoms. The Kier molecular flexibility index (Phi) is 2.77. The summed E-state index contributed by atoms with van der Waals surface area (Å²) in [6.07, 6.45) is 1.82. The van der Waals surface area contributed by atoms with Crippen LogP contribution in [0.4, 0.5) is 5.69 Å². The van der Waals surface area contributed by atoms with Gasteiger partial charge in [-0.1, -0.05) is 12.1 Å². The highest BCUT2D eigenvalue weighted by molar-refractivity contribution is 5.68. The van der Waals surface area contributed by atoms with Gasteiger partial charge in [0.1, 0.15) is 5.75 Å². The lowest BCUT2D eigenvalue weighted by atomic mass is 10.1. The Hall–Kier alpha value is -2.03. The fraction of sp³-hybridized carbons (Fsp3) is 0.154. The monoisotopic (exact) mass is 214 g/mol. The van der Waals surface area contributed by atoms with Gasteiger partial charge in [-0.3, -0.25) is 4.98 Å². The van der Waals surface area contributed by atoms with Crippen LogP contribution in [-0.2, 0) is 0 Å². The van der Waals surface area contributed by atoms with E-state index in [1.54, 1.807) is 7.11 Å². The molecule has 0 saturated heterocycles. The number of aromatic nitrogens is 1. The Bertz CT molecular complexity index is 509. The van der Waals surface area contributed by atoms with E-state index >= 15 is 0 Å². The number of benzene rings is 1. The van der Waals surface area contributed by atoms with Crippen molar-refractivity contribution >= 4 is 5.69 Å². The second-order valence-electron chi connectivity index (χ2n) is 3.63. The lowest BCUT2D eigenvalue weighted by molar-refractivity contribution is 0.415. The van der Waals surface area contributed by atoms with Crippen molar-refractivity contribution in [1.82, 2.24) is 4.98 Å². The van der Waals surface area contributed by atoms with E-state index in [-0.39, 0.29) is 0 Å². The molecule has 1 aromatic carbocycles. The van der Waals surface area contributed by atoms with Crippen LogP contribution in [0.2, 0.25) is 0 Å². The van der Waals surface area contributed by atoms with E-state index in [0.29, 0.717) is 5.69 Å². The Morgan fingerprint density at radius 3 is 2.69 bits per heavy atom. The van der Waals surface area contributed by atoms with Gasteiger partial charge in [-0.2, -0.15) is 0 Å². The van der Waals surface area contributed by atoms with Crippen molar-refractivity contribution < 1.29 is 4.74 Å². The van der Waals surface area contributed by atoms with E-state index in [2.05, 4.69) is 4.98 Å². The van der Waals surface area contributed by atoms with Gasteiger partial charge in [0.25, 0.3) is 0 Å². The molecule has 0 aliphatic rings. The number of ether oxygens (including phenoxy) is 1. The third-order valence-electron chi connectivity index (χ3n) is 2.53. The normalized spacial score (nSPS) is 10.1. The average molecular weight is 214 g/mol. The lowest BCUT2D eigenvalue weighted by Crippen LogP contribution is -1.93. The molecule has 0 spiro atoms. The highest BCUT2D eigenvalue weighted by Gasteiger charge is 2.02. The first-order chi connectivity index (χ1) is 7.70. The number of aryl methyl sites for hydroxylation is 1. The van der Waals surface area contributed by atoms with Crippen LogP contribution in [0.25, 0.3) is 11.1 Å². The van der Waals surface area contributed by atoms with Crippen LogP contribution in [-0.4, -0.2) is 12.1 Å². The number of nitrogens with zero attached hydrogens (tertiary/aromatic N) is 1. The molecular formula is C13H14N2O. The molecule has 0 saturated carbocycles. The van der Waals surface area contributed by atoms with Gasteiger partial charge < -0.3 is 10.5 Å². The summed E-state index contributed by atoms with van der Waals surface area (Å²) in [5, 5.41) is 0. The lowest BCUT2D eigenvalue weighted by Gasteiger charge is -2.06. The van der Waals surface area contributed by atoms with Crippen LogP contribution in [0.5, 0.6) is 5.75 Å². The number of pyridine rings is 1. The third kappa shape index (κ3) is 1.98. The van der Waals surface area contributed by atoms with Gasteiger partial charge in [-0.05, 0) is 30.7 Å². The standard InChI is InChI=1S/C13H14N2O/c1-9-13(14)7-11(8-15-9)10-4-3-5-12(6-10)16-2/h3-8H,14H2,1-2H3. The van der Waals surface area contributed by atoms with Gasteiger partial charge in [0, 0.05) is 11.8 Å². The smallest absolute Gasteiger partial charge is 0.119 e. The molecule has 0 radical (unpaired) electrons. The maximum absolute atomic E-state index is 5.83. The first-order valence-corrected chi connectivity index (χ1v) is 5.07. The predicted octanol–water partition coefficient (Wildman–Crippen LogP) is 2.65. The van der Waals surface area contributed by atoms with Crippen LogP contribution >= 0.6 is 0 Å². The minimum atomic E-state index is 0.709. The zero-order chi connectivity index (χ0) is 11.5. The zero-order valence-electron chi connectivity index (χ0n) is 9.40. The molecule has 3 nitrogen and oxygen atoms in total. The maximum atomic E-state index is 5.83. The fourth-order valence-electron chi connectivity index (χ4n) is 1.51. The van der Waals surface area contributed by atoms with Crippen molar-refractivity contribution in [1.29, 1.82) is 0 Å². The van der Waals surface area contributed by atoms with Crippen molar-refractivity contribution in [3.63, 3.8) is 0 Å². The van der Waals surface area contributed by atoms with Gasteiger partial charge in [-0.15, -0.1) is 0 Å². The van der Waals surface area contributed by atoms with Crippen LogP contribution in [0.1, 0.15) is 5.69 Å². The van der Waals surface area contributed by atoms with E-state index < -0.39 is 0 Å². The van der Waals surface area contributed by atoms with Gasteiger partial charge in [0.2, 0.25) is 0 Å². The predicted molar refractivity (Wildman–Crippen MR) is 65.4 cm³/mol. The van der Waals surface area contributed by atoms with Gasteiger partial charge >= 0.3 is 0 Å². The van der Waals surface area contributed by atoms with Crippen molar-refractivity contribution in [2.24, 2.45) is 0 Å². The number of anilines is 1. The molecule has 0 amide bonds. The number of rotatable bonds is 2. The van der Waals surface area contributed by atoms with Crippen LogP contribution in [0.15, 0.2) is 36.5 Å².